The average molecular weight is 513 g/mol. The molecule has 1 atom stereocenters. The standard InChI is InChI=1S/C28H33ClN2O3S/c1-19-7-14-25(15-8-19)35(33,34)31(26-16-13-24(29)17-20(26)2)18-27(32)30-21(3)22-9-11-23(12-10-22)28(4,5)6/h7-17,21H,18H2,1-6H3,(H,30,32)/t21-/m1/s1. The van der Waals surface area contributed by atoms with Crippen LogP contribution < -0.4 is 9.62 Å². The SMILES string of the molecule is Cc1ccc(S(=O)(=O)N(CC(=O)N[C@H](C)c2ccc(C(C)(C)C)cc2)c2ccc(Cl)cc2C)cc1. The second-order valence-electron chi connectivity index (χ2n) is 9.92. The van der Waals surface area contributed by atoms with Crippen LogP contribution in [0.15, 0.2) is 71.6 Å². The lowest BCUT2D eigenvalue weighted by atomic mass is 9.86. The molecule has 0 aliphatic heterocycles. The predicted octanol–water partition coefficient (Wildman–Crippen LogP) is 6.33. The van der Waals surface area contributed by atoms with Crippen molar-refractivity contribution in [2.24, 2.45) is 0 Å². The molecule has 5 nitrogen and oxygen atoms in total. The van der Waals surface area contributed by atoms with Crippen molar-refractivity contribution in [1.29, 1.82) is 0 Å². The van der Waals surface area contributed by atoms with Crippen LogP contribution in [0, 0.1) is 13.8 Å². The summed E-state index contributed by atoms with van der Waals surface area (Å²) in [5.41, 5.74) is 4.20. The summed E-state index contributed by atoms with van der Waals surface area (Å²) in [5, 5.41) is 3.44. The van der Waals surface area contributed by atoms with Gasteiger partial charge in [-0.05, 0) is 73.2 Å². The molecule has 0 saturated heterocycles. The third kappa shape index (κ3) is 6.44. The minimum absolute atomic E-state index is 0.0340. The molecule has 0 fully saturated rings. The van der Waals surface area contributed by atoms with Gasteiger partial charge in [0.05, 0.1) is 16.6 Å². The summed E-state index contributed by atoms with van der Waals surface area (Å²) >= 11 is 6.10. The first-order valence-electron chi connectivity index (χ1n) is 11.5. The van der Waals surface area contributed by atoms with Gasteiger partial charge in [0.25, 0.3) is 10.0 Å². The molecule has 3 aromatic carbocycles. The molecule has 7 heteroatoms. The van der Waals surface area contributed by atoms with Gasteiger partial charge in [-0.25, -0.2) is 8.42 Å². The minimum Gasteiger partial charge on any atom is -0.348 e. The number of carbonyl (C=O) groups is 1. The molecule has 186 valence electrons. The first-order valence-corrected chi connectivity index (χ1v) is 13.4. The maximum Gasteiger partial charge on any atom is 0.264 e. The Hall–Kier alpha value is -2.83. The van der Waals surface area contributed by atoms with Crippen molar-refractivity contribution in [3.05, 3.63) is 94.0 Å². The highest BCUT2D eigenvalue weighted by Gasteiger charge is 2.29. The monoisotopic (exact) mass is 512 g/mol. The molecule has 0 bridgehead atoms. The number of hydrogen-bond donors (Lipinski definition) is 1. The van der Waals surface area contributed by atoms with E-state index < -0.39 is 15.9 Å². The molecular weight excluding hydrogens is 480 g/mol. The largest absolute Gasteiger partial charge is 0.348 e. The highest BCUT2D eigenvalue weighted by atomic mass is 35.5. The Morgan fingerprint density at radius 2 is 1.57 bits per heavy atom. The van der Waals surface area contributed by atoms with Gasteiger partial charge in [0.2, 0.25) is 5.91 Å². The highest BCUT2D eigenvalue weighted by Crippen LogP contribution is 2.29. The first kappa shape index (κ1) is 26.8. The molecule has 1 N–H and O–H groups in total. The third-order valence-electron chi connectivity index (χ3n) is 5.98. The number of hydrogen-bond acceptors (Lipinski definition) is 3. The fraction of sp³-hybridized carbons (Fsp3) is 0.321. The molecule has 0 saturated carbocycles. The van der Waals surface area contributed by atoms with Gasteiger partial charge in [0.15, 0.2) is 0 Å². The number of nitrogens with one attached hydrogen (secondary N) is 1. The number of rotatable bonds is 7. The van der Waals surface area contributed by atoms with E-state index in [9.17, 15) is 13.2 Å². The first-order chi connectivity index (χ1) is 16.3. The molecule has 0 spiro atoms. The summed E-state index contributed by atoms with van der Waals surface area (Å²) in [4.78, 5) is 13.2. The number of nitrogens with zero attached hydrogens (tertiary/aromatic N) is 1. The molecule has 0 aromatic heterocycles. The molecule has 0 heterocycles. The molecule has 1 amide bonds. The summed E-state index contributed by atoms with van der Waals surface area (Å²) in [7, 11) is -3.99. The number of aryl methyl sites for hydroxylation is 2. The van der Waals surface area contributed by atoms with E-state index in [1.54, 1.807) is 49.4 Å². The van der Waals surface area contributed by atoms with E-state index in [2.05, 4.69) is 38.2 Å². The van der Waals surface area contributed by atoms with E-state index in [1.807, 2.05) is 26.0 Å². The van der Waals surface area contributed by atoms with Crippen LogP contribution in [0.25, 0.3) is 0 Å². The normalized spacial score (nSPS) is 12.8. The summed E-state index contributed by atoms with van der Waals surface area (Å²) < 4.78 is 28.4. The van der Waals surface area contributed by atoms with Gasteiger partial charge < -0.3 is 5.32 Å². The van der Waals surface area contributed by atoms with Gasteiger partial charge in [-0.15, -0.1) is 0 Å². The van der Waals surface area contributed by atoms with Gasteiger partial charge in [0.1, 0.15) is 6.54 Å². The van der Waals surface area contributed by atoms with Crippen molar-refractivity contribution in [2.75, 3.05) is 10.8 Å². The Morgan fingerprint density at radius 3 is 2.11 bits per heavy atom. The van der Waals surface area contributed by atoms with E-state index in [1.165, 1.54) is 5.56 Å². The van der Waals surface area contributed by atoms with Crippen LogP contribution in [0.5, 0.6) is 0 Å². The van der Waals surface area contributed by atoms with E-state index in [4.69, 9.17) is 11.6 Å². The molecule has 0 aliphatic carbocycles. The van der Waals surface area contributed by atoms with Gasteiger partial charge in [0, 0.05) is 5.02 Å². The zero-order chi connectivity index (χ0) is 26.0. The van der Waals surface area contributed by atoms with E-state index >= 15 is 0 Å². The van der Waals surface area contributed by atoms with Crippen LogP contribution in [-0.2, 0) is 20.2 Å². The number of carbonyl (C=O) groups excluding carboxylic acids is 1. The maximum absolute atomic E-state index is 13.6. The Balaban J connectivity index is 1.88. The Bertz CT molecular complexity index is 1300. The van der Waals surface area contributed by atoms with Gasteiger partial charge in [-0.2, -0.15) is 0 Å². The van der Waals surface area contributed by atoms with Crippen molar-refractivity contribution in [1.82, 2.24) is 5.32 Å². The van der Waals surface area contributed by atoms with Crippen LogP contribution in [0.3, 0.4) is 0 Å². The fourth-order valence-corrected chi connectivity index (χ4v) is 5.52. The number of sulfonamides is 1. The van der Waals surface area contributed by atoms with Crippen molar-refractivity contribution in [3.63, 3.8) is 0 Å². The van der Waals surface area contributed by atoms with E-state index in [0.717, 1.165) is 15.4 Å². The van der Waals surface area contributed by atoms with Crippen LogP contribution in [0.1, 0.15) is 56.0 Å². The minimum atomic E-state index is -3.99. The van der Waals surface area contributed by atoms with Gasteiger partial charge >= 0.3 is 0 Å². The summed E-state index contributed by atoms with van der Waals surface area (Å²) in [6, 6.07) is 19.4. The second kappa shape index (κ2) is 10.4. The van der Waals surface area contributed by atoms with Crippen LogP contribution in [0.2, 0.25) is 5.02 Å². The molecular formula is C28H33ClN2O3S. The third-order valence-corrected chi connectivity index (χ3v) is 7.99. The van der Waals surface area contributed by atoms with E-state index in [0.29, 0.717) is 16.3 Å². The molecule has 3 rings (SSSR count). The average Bonchev–Trinajstić information content (AvgIpc) is 2.77. The van der Waals surface area contributed by atoms with Crippen LogP contribution >= 0.6 is 11.6 Å². The molecule has 35 heavy (non-hydrogen) atoms. The number of anilines is 1. The highest BCUT2D eigenvalue weighted by molar-refractivity contribution is 7.92. The van der Waals surface area contributed by atoms with Crippen molar-refractivity contribution in [2.45, 2.75) is 57.9 Å². The predicted molar refractivity (Wildman–Crippen MR) is 144 cm³/mol. The smallest absolute Gasteiger partial charge is 0.264 e. The number of amides is 1. The molecule has 0 aliphatic rings. The van der Waals surface area contributed by atoms with E-state index in [-0.39, 0.29) is 22.9 Å². The van der Waals surface area contributed by atoms with Gasteiger partial charge in [-0.3, -0.25) is 9.10 Å². The molecule has 3 aromatic rings. The fourth-order valence-electron chi connectivity index (χ4n) is 3.81. The quantitative estimate of drug-likeness (QED) is 0.402. The van der Waals surface area contributed by atoms with Crippen molar-refractivity contribution in [3.8, 4) is 0 Å². The number of halogens is 1. The Morgan fingerprint density at radius 1 is 0.971 bits per heavy atom. The topological polar surface area (TPSA) is 66.5 Å². The zero-order valence-electron chi connectivity index (χ0n) is 21.1. The number of benzene rings is 3. The van der Waals surface area contributed by atoms with Crippen LogP contribution in [-0.4, -0.2) is 20.9 Å². The lowest BCUT2D eigenvalue weighted by Gasteiger charge is -2.27. The second-order valence-corrected chi connectivity index (χ2v) is 12.2. The molecule has 0 unspecified atom stereocenters. The maximum atomic E-state index is 13.6. The van der Waals surface area contributed by atoms with Gasteiger partial charge in [-0.1, -0.05) is 74.3 Å². The van der Waals surface area contributed by atoms with Crippen molar-refractivity contribution >= 4 is 33.2 Å². The summed E-state index contributed by atoms with van der Waals surface area (Å²) in [6.45, 7) is 11.6. The summed E-state index contributed by atoms with van der Waals surface area (Å²) in [6.07, 6.45) is 0. The van der Waals surface area contributed by atoms with Crippen LogP contribution in [0.4, 0.5) is 5.69 Å². The van der Waals surface area contributed by atoms with Crippen molar-refractivity contribution < 1.29 is 13.2 Å². The summed E-state index contributed by atoms with van der Waals surface area (Å²) in [5.74, 6) is -0.401. The Kier molecular flexibility index (Phi) is 7.97. The Labute approximate surface area is 214 Å². The zero-order valence-corrected chi connectivity index (χ0v) is 22.7. The molecule has 0 radical (unpaired) electrons. The lowest BCUT2D eigenvalue weighted by Crippen LogP contribution is -2.42. The lowest BCUT2D eigenvalue weighted by molar-refractivity contribution is -0.120.